The molecular formula is C17H25NO2. The normalized spacial score (nSPS) is 24.6. The van der Waals surface area contributed by atoms with E-state index in [-0.39, 0.29) is 0 Å². The monoisotopic (exact) mass is 275 g/mol. The van der Waals surface area contributed by atoms with Gasteiger partial charge in [-0.3, -0.25) is 4.79 Å². The van der Waals surface area contributed by atoms with E-state index in [1.54, 1.807) is 0 Å². The van der Waals surface area contributed by atoms with Crippen molar-refractivity contribution in [2.45, 2.75) is 44.6 Å². The highest BCUT2D eigenvalue weighted by Gasteiger charge is 2.27. The van der Waals surface area contributed by atoms with Crippen molar-refractivity contribution >= 4 is 5.97 Å². The largest absolute Gasteiger partial charge is 0.481 e. The summed E-state index contributed by atoms with van der Waals surface area (Å²) in [4.78, 5) is 13.8. The minimum absolute atomic E-state index is 0.432. The van der Waals surface area contributed by atoms with E-state index in [9.17, 15) is 9.90 Å². The van der Waals surface area contributed by atoms with Gasteiger partial charge in [0, 0.05) is 12.6 Å². The van der Waals surface area contributed by atoms with Crippen LogP contribution in [0.25, 0.3) is 0 Å². The highest BCUT2D eigenvalue weighted by Crippen LogP contribution is 2.28. The number of carbonyl (C=O) groups is 1. The van der Waals surface area contributed by atoms with Crippen LogP contribution in [0.15, 0.2) is 30.3 Å². The van der Waals surface area contributed by atoms with E-state index < -0.39 is 11.9 Å². The van der Waals surface area contributed by atoms with Crippen LogP contribution in [-0.4, -0.2) is 35.6 Å². The maximum Gasteiger partial charge on any atom is 0.312 e. The van der Waals surface area contributed by atoms with E-state index in [0.29, 0.717) is 12.6 Å². The van der Waals surface area contributed by atoms with Crippen LogP contribution in [-0.2, 0) is 4.79 Å². The Morgan fingerprint density at radius 3 is 2.65 bits per heavy atom. The van der Waals surface area contributed by atoms with Crippen molar-refractivity contribution in [3.05, 3.63) is 35.9 Å². The van der Waals surface area contributed by atoms with Gasteiger partial charge in [0.1, 0.15) is 0 Å². The Bertz CT molecular complexity index is 432. The van der Waals surface area contributed by atoms with Gasteiger partial charge in [-0.05, 0) is 31.4 Å². The van der Waals surface area contributed by atoms with E-state index in [1.807, 2.05) is 30.3 Å². The average molecular weight is 275 g/mol. The molecule has 2 rings (SSSR count). The van der Waals surface area contributed by atoms with Gasteiger partial charge >= 0.3 is 5.97 Å². The highest BCUT2D eigenvalue weighted by molar-refractivity contribution is 5.76. The van der Waals surface area contributed by atoms with Gasteiger partial charge < -0.3 is 10.0 Å². The van der Waals surface area contributed by atoms with Crippen LogP contribution in [0, 0.1) is 5.92 Å². The first-order valence-corrected chi connectivity index (χ1v) is 7.56. The highest BCUT2D eigenvalue weighted by atomic mass is 16.4. The van der Waals surface area contributed by atoms with Crippen molar-refractivity contribution in [3.63, 3.8) is 0 Å². The number of aliphatic carboxylic acids is 1. The summed E-state index contributed by atoms with van der Waals surface area (Å²) in [7, 11) is 2.07. The zero-order valence-electron chi connectivity index (χ0n) is 12.5. The molecule has 1 aliphatic rings. The second-order valence-electron chi connectivity index (χ2n) is 6.17. The Hall–Kier alpha value is -1.35. The summed E-state index contributed by atoms with van der Waals surface area (Å²) in [5.74, 6) is -0.401. The molecule has 0 saturated heterocycles. The molecule has 110 valence electrons. The minimum Gasteiger partial charge on any atom is -0.481 e. The molecule has 3 atom stereocenters. The molecule has 1 fully saturated rings. The molecule has 1 aliphatic carbocycles. The molecule has 0 heterocycles. The van der Waals surface area contributed by atoms with E-state index in [4.69, 9.17) is 0 Å². The number of benzene rings is 1. The lowest BCUT2D eigenvalue weighted by atomic mass is 9.86. The molecule has 0 amide bonds. The zero-order valence-corrected chi connectivity index (χ0v) is 12.5. The van der Waals surface area contributed by atoms with Crippen molar-refractivity contribution in [2.24, 2.45) is 5.92 Å². The molecule has 1 aromatic rings. The fraction of sp³-hybridized carbons (Fsp3) is 0.588. The Balaban J connectivity index is 2.03. The molecule has 3 nitrogen and oxygen atoms in total. The van der Waals surface area contributed by atoms with Gasteiger partial charge in [0.25, 0.3) is 0 Å². The lowest BCUT2D eigenvalue weighted by molar-refractivity contribution is -0.139. The Morgan fingerprint density at radius 2 is 2.05 bits per heavy atom. The second kappa shape index (κ2) is 6.89. The predicted octanol–water partition coefficient (Wildman–Crippen LogP) is 3.37. The molecule has 1 N–H and O–H groups in total. The van der Waals surface area contributed by atoms with Crippen molar-refractivity contribution in [2.75, 3.05) is 13.6 Å². The van der Waals surface area contributed by atoms with Crippen molar-refractivity contribution in [3.8, 4) is 0 Å². The van der Waals surface area contributed by atoms with Crippen LogP contribution in [0.4, 0.5) is 0 Å². The number of likely N-dealkylation sites (N-methyl/N-ethyl adjacent to an activating group) is 1. The van der Waals surface area contributed by atoms with Crippen molar-refractivity contribution < 1.29 is 9.90 Å². The van der Waals surface area contributed by atoms with Gasteiger partial charge in [-0.25, -0.2) is 0 Å². The Kier molecular flexibility index (Phi) is 5.18. The SMILES string of the molecule is CC1CCCC(N(C)CC(C(=O)O)c2ccccc2)C1. The number of rotatable bonds is 5. The van der Waals surface area contributed by atoms with Crippen LogP contribution >= 0.6 is 0 Å². The third-order valence-electron chi connectivity index (χ3n) is 4.50. The quantitative estimate of drug-likeness (QED) is 0.895. The van der Waals surface area contributed by atoms with Gasteiger partial charge in [-0.15, -0.1) is 0 Å². The number of nitrogens with zero attached hydrogens (tertiary/aromatic N) is 1. The average Bonchev–Trinajstić information content (AvgIpc) is 2.45. The summed E-state index contributed by atoms with van der Waals surface area (Å²) < 4.78 is 0. The van der Waals surface area contributed by atoms with Crippen LogP contribution in [0.3, 0.4) is 0 Å². The molecule has 1 saturated carbocycles. The fourth-order valence-corrected chi connectivity index (χ4v) is 3.25. The molecule has 0 radical (unpaired) electrons. The molecular weight excluding hydrogens is 250 g/mol. The first-order chi connectivity index (χ1) is 9.58. The number of carboxylic acid groups (broad SMARTS) is 1. The first kappa shape index (κ1) is 15.0. The van der Waals surface area contributed by atoms with E-state index >= 15 is 0 Å². The van der Waals surface area contributed by atoms with Crippen LogP contribution in [0.1, 0.15) is 44.1 Å². The smallest absolute Gasteiger partial charge is 0.312 e. The van der Waals surface area contributed by atoms with Crippen LogP contribution in [0.2, 0.25) is 0 Å². The summed E-state index contributed by atoms with van der Waals surface area (Å²) in [5, 5.41) is 9.50. The molecule has 0 bridgehead atoms. The van der Waals surface area contributed by atoms with Gasteiger partial charge in [-0.2, -0.15) is 0 Å². The maximum absolute atomic E-state index is 11.6. The van der Waals surface area contributed by atoms with Crippen molar-refractivity contribution in [1.29, 1.82) is 0 Å². The van der Waals surface area contributed by atoms with Crippen LogP contribution in [0.5, 0.6) is 0 Å². The second-order valence-corrected chi connectivity index (χ2v) is 6.17. The zero-order chi connectivity index (χ0) is 14.5. The maximum atomic E-state index is 11.6. The van der Waals surface area contributed by atoms with Gasteiger partial charge in [0.15, 0.2) is 0 Å². The molecule has 1 aromatic carbocycles. The summed E-state index contributed by atoms with van der Waals surface area (Å²) in [5.41, 5.74) is 0.899. The topological polar surface area (TPSA) is 40.5 Å². The molecule has 0 aliphatic heterocycles. The lowest BCUT2D eigenvalue weighted by Crippen LogP contribution is -2.39. The predicted molar refractivity (Wildman–Crippen MR) is 80.9 cm³/mol. The van der Waals surface area contributed by atoms with E-state index in [0.717, 1.165) is 11.5 Å². The fourth-order valence-electron chi connectivity index (χ4n) is 3.25. The summed E-state index contributed by atoms with van der Waals surface area (Å²) in [6.45, 7) is 2.89. The summed E-state index contributed by atoms with van der Waals surface area (Å²) in [6.07, 6.45) is 4.96. The van der Waals surface area contributed by atoms with E-state index in [1.165, 1.54) is 25.7 Å². The number of hydrogen-bond acceptors (Lipinski definition) is 2. The van der Waals surface area contributed by atoms with Crippen molar-refractivity contribution in [1.82, 2.24) is 4.90 Å². The Morgan fingerprint density at radius 1 is 1.35 bits per heavy atom. The lowest BCUT2D eigenvalue weighted by Gasteiger charge is -2.35. The third-order valence-corrected chi connectivity index (χ3v) is 4.50. The molecule has 0 spiro atoms. The minimum atomic E-state index is -0.730. The van der Waals surface area contributed by atoms with Gasteiger partial charge in [0.2, 0.25) is 0 Å². The Labute approximate surface area is 121 Å². The number of carboxylic acids is 1. The molecule has 3 unspecified atom stereocenters. The molecule has 20 heavy (non-hydrogen) atoms. The standard InChI is InChI=1S/C17H25NO2/c1-13-7-6-10-15(11-13)18(2)12-16(17(19)20)14-8-4-3-5-9-14/h3-5,8-9,13,15-16H,6-7,10-12H2,1-2H3,(H,19,20). The van der Waals surface area contributed by atoms with Gasteiger partial charge in [0.05, 0.1) is 5.92 Å². The van der Waals surface area contributed by atoms with Gasteiger partial charge in [-0.1, -0.05) is 50.1 Å². The molecule has 0 aromatic heterocycles. The third kappa shape index (κ3) is 3.83. The first-order valence-electron chi connectivity index (χ1n) is 7.56. The molecule has 3 heteroatoms. The summed E-state index contributed by atoms with van der Waals surface area (Å²) >= 11 is 0. The number of hydrogen-bond donors (Lipinski definition) is 1. The van der Waals surface area contributed by atoms with Crippen LogP contribution < -0.4 is 0 Å². The van der Waals surface area contributed by atoms with E-state index in [2.05, 4.69) is 18.9 Å². The summed E-state index contributed by atoms with van der Waals surface area (Å²) in [6, 6.07) is 10.1.